The van der Waals surface area contributed by atoms with Crippen LogP contribution in [0.3, 0.4) is 0 Å². The second-order valence-electron chi connectivity index (χ2n) is 4.60. The van der Waals surface area contributed by atoms with E-state index in [0.29, 0.717) is 6.04 Å². The summed E-state index contributed by atoms with van der Waals surface area (Å²) in [5, 5.41) is 8.01. The fraction of sp³-hybridized carbons (Fsp3) is 0.667. The van der Waals surface area contributed by atoms with Crippen LogP contribution in [0.25, 0.3) is 0 Å². The molecule has 0 aliphatic heterocycles. The quantitative estimate of drug-likeness (QED) is 0.536. The van der Waals surface area contributed by atoms with Crippen LogP contribution in [0.1, 0.15) is 57.7 Å². The summed E-state index contributed by atoms with van der Waals surface area (Å²) >= 11 is 0. The van der Waals surface area contributed by atoms with Crippen LogP contribution in [0, 0.1) is 12.3 Å². The fourth-order valence-corrected chi connectivity index (χ4v) is 2.03. The normalized spacial score (nSPS) is 10.8. The summed E-state index contributed by atoms with van der Waals surface area (Å²) in [5.41, 5.74) is 1.12. The van der Waals surface area contributed by atoms with E-state index in [0.717, 1.165) is 50.9 Å². The van der Waals surface area contributed by atoms with Crippen LogP contribution in [0.15, 0.2) is 12.3 Å². The second-order valence-corrected chi connectivity index (χ2v) is 4.60. The molecule has 1 heterocycles. The Morgan fingerprint density at radius 2 is 2.17 bits per heavy atom. The standard InChI is InChI=1S/C15H25N3/c1-4-7-8-9-11-16-13-14-10-12-18(17-14)15(5-2)6-3/h1,10,12,15-16H,5-9,11,13H2,2-3H3. The maximum atomic E-state index is 5.21. The van der Waals surface area contributed by atoms with Crippen molar-refractivity contribution in [2.24, 2.45) is 0 Å². The van der Waals surface area contributed by atoms with Gasteiger partial charge < -0.3 is 5.32 Å². The van der Waals surface area contributed by atoms with E-state index in [1.54, 1.807) is 0 Å². The van der Waals surface area contributed by atoms with E-state index in [9.17, 15) is 0 Å². The first-order valence-corrected chi connectivity index (χ1v) is 7.00. The van der Waals surface area contributed by atoms with E-state index in [1.165, 1.54) is 0 Å². The third-order valence-electron chi connectivity index (χ3n) is 3.21. The number of unbranched alkanes of at least 4 members (excludes halogenated alkanes) is 2. The zero-order chi connectivity index (χ0) is 13.2. The maximum Gasteiger partial charge on any atom is 0.0762 e. The molecular weight excluding hydrogens is 222 g/mol. The molecule has 3 nitrogen and oxygen atoms in total. The van der Waals surface area contributed by atoms with Crippen molar-refractivity contribution in [1.29, 1.82) is 0 Å². The smallest absolute Gasteiger partial charge is 0.0762 e. The fourth-order valence-electron chi connectivity index (χ4n) is 2.03. The molecule has 0 saturated heterocycles. The van der Waals surface area contributed by atoms with E-state index in [4.69, 9.17) is 6.42 Å². The molecule has 18 heavy (non-hydrogen) atoms. The van der Waals surface area contributed by atoms with E-state index in [-0.39, 0.29) is 0 Å². The topological polar surface area (TPSA) is 29.9 Å². The average Bonchev–Trinajstić information content (AvgIpc) is 2.84. The minimum atomic E-state index is 0.536. The summed E-state index contributed by atoms with van der Waals surface area (Å²) in [6, 6.07) is 2.64. The highest BCUT2D eigenvalue weighted by atomic mass is 15.3. The van der Waals surface area contributed by atoms with E-state index in [2.05, 4.69) is 47.1 Å². The van der Waals surface area contributed by atoms with Gasteiger partial charge in [-0.1, -0.05) is 13.8 Å². The average molecular weight is 247 g/mol. The molecule has 0 spiro atoms. The van der Waals surface area contributed by atoms with Crippen molar-refractivity contribution in [3.63, 3.8) is 0 Å². The molecule has 0 radical (unpaired) electrons. The lowest BCUT2D eigenvalue weighted by Crippen LogP contribution is -2.16. The first kappa shape index (κ1) is 14.8. The van der Waals surface area contributed by atoms with Crippen LogP contribution >= 0.6 is 0 Å². The number of rotatable bonds is 9. The van der Waals surface area contributed by atoms with Gasteiger partial charge in [0, 0.05) is 19.2 Å². The Morgan fingerprint density at radius 3 is 2.83 bits per heavy atom. The van der Waals surface area contributed by atoms with Gasteiger partial charge in [0.2, 0.25) is 0 Å². The molecule has 0 fully saturated rings. The van der Waals surface area contributed by atoms with Crippen LogP contribution in [-0.4, -0.2) is 16.3 Å². The van der Waals surface area contributed by atoms with Crippen LogP contribution in [0.4, 0.5) is 0 Å². The zero-order valence-electron chi connectivity index (χ0n) is 11.7. The van der Waals surface area contributed by atoms with Crippen molar-refractivity contribution >= 4 is 0 Å². The van der Waals surface area contributed by atoms with Crippen LogP contribution in [0.2, 0.25) is 0 Å². The Kier molecular flexibility index (Phi) is 7.20. The summed E-state index contributed by atoms with van der Waals surface area (Å²) in [5.74, 6) is 2.66. The summed E-state index contributed by atoms with van der Waals surface area (Å²) in [7, 11) is 0. The van der Waals surface area contributed by atoms with Crippen molar-refractivity contribution in [3.05, 3.63) is 18.0 Å². The molecule has 1 aromatic rings. The van der Waals surface area contributed by atoms with Crippen LogP contribution < -0.4 is 5.32 Å². The Morgan fingerprint density at radius 1 is 1.39 bits per heavy atom. The van der Waals surface area contributed by atoms with E-state index >= 15 is 0 Å². The number of nitrogens with one attached hydrogen (secondary N) is 1. The predicted molar refractivity (Wildman–Crippen MR) is 76.2 cm³/mol. The SMILES string of the molecule is C#CCCCCNCc1ccn(C(CC)CC)n1. The minimum absolute atomic E-state index is 0.536. The van der Waals surface area contributed by atoms with E-state index in [1.807, 2.05) is 0 Å². The number of terminal acetylenes is 1. The molecular formula is C15H25N3. The van der Waals surface area contributed by atoms with Gasteiger partial charge >= 0.3 is 0 Å². The molecule has 0 aromatic carbocycles. The molecule has 1 rings (SSSR count). The lowest BCUT2D eigenvalue weighted by molar-refractivity contribution is 0.424. The highest BCUT2D eigenvalue weighted by molar-refractivity contribution is 4.99. The number of hydrogen-bond acceptors (Lipinski definition) is 2. The molecule has 0 aliphatic carbocycles. The lowest BCUT2D eigenvalue weighted by Gasteiger charge is -2.12. The highest BCUT2D eigenvalue weighted by Crippen LogP contribution is 2.14. The lowest BCUT2D eigenvalue weighted by atomic mass is 10.2. The predicted octanol–water partition coefficient (Wildman–Crippen LogP) is 3.14. The van der Waals surface area contributed by atoms with Crippen molar-refractivity contribution in [2.75, 3.05) is 6.54 Å². The summed E-state index contributed by atoms with van der Waals surface area (Å²) in [4.78, 5) is 0. The molecule has 0 aliphatic rings. The number of hydrogen-bond donors (Lipinski definition) is 1. The van der Waals surface area contributed by atoms with Gasteiger partial charge in [-0.25, -0.2) is 0 Å². The largest absolute Gasteiger partial charge is 0.311 e. The van der Waals surface area contributed by atoms with Crippen molar-refractivity contribution in [2.45, 2.75) is 58.5 Å². The Labute approximate surface area is 111 Å². The Hall–Kier alpha value is -1.27. The molecule has 0 saturated carbocycles. The molecule has 3 heteroatoms. The van der Waals surface area contributed by atoms with Crippen LogP contribution in [-0.2, 0) is 6.54 Å². The summed E-state index contributed by atoms with van der Waals surface area (Å²) in [6.45, 7) is 6.28. The van der Waals surface area contributed by atoms with Crippen molar-refractivity contribution in [1.82, 2.24) is 15.1 Å². The molecule has 0 atom stereocenters. The number of aromatic nitrogens is 2. The molecule has 1 aromatic heterocycles. The summed E-state index contributed by atoms with van der Waals surface area (Å²) in [6.07, 6.45) is 12.7. The first-order chi connectivity index (χ1) is 8.81. The monoisotopic (exact) mass is 247 g/mol. The summed E-state index contributed by atoms with van der Waals surface area (Å²) < 4.78 is 2.09. The minimum Gasteiger partial charge on any atom is -0.311 e. The van der Waals surface area contributed by atoms with Gasteiger partial charge in [-0.3, -0.25) is 4.68 Å². The van der Waals surface area contributed by atoms with Gasteiger partial charge in [0.25, 0.3) is 0 Å². The second kappa shape index (κ2) is 8.77. The molecule has 0 amide bonds. The van der Waals surface area contributed by atoms with Gasteiger partial charge in [0.15, 0.2) is 0 Å². The third-order valence-corrected chi connectivity index (χ3v) is 3.21. The van der Waals surface area contributed by atoms with Crippen molar-refractivity contribution in [3.8, 4) is 12.3 Å². The van der Waals surface area contributed by atoms with Crippen LogP contribution in [0.5, 0.6) is 0 Å². The molecule has 100 valence electrons. The highest BCUT2D eigenvalue weighted by Gasteiger charge is 2.07. The molecule has 0 bridgehead atoms. The molecule has 1 N–H and O–H groups in total. The Bertz CT molecular complexity index is 358. The van der Waals surface area contributed by atoms with Crippen molar-refractivity contribution < 1.29 is 0 Å². The van der Waals surface area contributed by atoms with Gasteiger partial charge in [-0.05, 0) is 38.3 Å². The first-order valence-electron chi connectivity index (χ1n) is 7.00. The van der Waals surface area contributed by atoms with Gasteiger partial charge in [-0.15, -0.1) is 12.3 Å². The third kappa shape index (κ3) is 4.93. The maximum absolute atomic E-state index is 5.21. The van der Waals surface area contributed by atoms with Gasteiger partial charge in [-0.2, -0.15) is 5.10 Å². The van der Waals surface area contributed by atoms with E-state index < -0.39 is 0 Å². The number of nitrogens with zero attached hydrogens (tertiary/aromatic N) is 2. The Balaban J connectivity index is 2.25. The van der Waals surface area contributed by atoms with Gasteiger partial charge in [0.1, 0.15) is 0 Å². The van der Waals surface area contributed by atoms with Gasteiger partial charge in [0.05, 0.1) is 11.7 Å². The zero-order valence-corrected chi connectivity index (χ0v) is 11.7. The molecule has 0 unspecified atom stereocenters.